The highest BCUT2D eigenvalue weighted by molar-refractivity contribution is 5.92. The maximum atomic E-state index is 15.4. The second-order valence-corrected chi connectivity index (χ2v) is 9.61. The Bertz CT molecular complexity index is 1270. The van der Waals surface area contributed by atoms with Crippen molar-refractivity contribution in [1.82, 2.24) is 20.2 Å². The van der Waals surface area contributed by atoms with Gasteiger partial charge in [0.25, 0.3) is 0 Å². The van der Waals surface area contributed by atoms with Gasteiger partial charge in [0.2, 0.25) is 11.9 Å². The van der Waals surface area contributed by atoms with E-state index in [4.69, 9.17) is 15.2 Å². The number of ether oxygens (including phenoxy) is 2. The summed E-state index contributed by atoms with van der Waals surface area (Å²) in [6.45, 7) is 3.41. The molecule has 196 valence electrons. The number of amides is 1. The van der Waals surface area contributed by atoms with Crippen LogP contribution < -0.4 is 25.4 Å². The predicted molar refractivity (Wildman–Crippen MR) is 140 cm³/mol. The molecular weight excluding hydrogens is 475 g/mol. The van der Waals surface area contributed by atoms with E-state index in [-0.39, 0.29) is 34.8 Å². The number of hydrogen-bond donors (Lipinski definition) is 2. The Morgan fingerprint density at radius 2 is 2.00 bits per heavy atom. The second-order valence-electron chi connectivity index (χ2n) is 9.61. The highest BCUT2D eigenvalue weighted by Gasteiger charge is 2.34. The number of piperidine rings is 1. The van der Waals surface area contributed by atoms with Gasteiger partial charge in [-0.2, -0.15) is 4.98 Å². The molecule has 2 atom stereocenters. The SMILES string of the molecule is COc1cc2c(N)nc(N3CCN(C(=O)CC4CCCNC4)C[C@@H]3c3ccccc3)nc2c(F)c1OC. The lowest BCUT2D eigenvalue weighted by atomic mass is 9.95. The van der Waals surface area contributed by atoms with Gasteiger partial charge in [0.1, 0.15) is 11.3 Å². The van der Waals surface area contributed by atoms with Crippen LogP contribution >= 0.6 is 0 Å². The molecule has 2 aliphatic heterocycles. The number of anilines is 2. The first-order valence-electron chi connectivity index (χ1n) is 12.7. The van der Waals surface area contributed by atoms with Gasteiger partial charge in [0.15, 0.2) is 17.3 Å². The van der Waals surface area contributed by atoms with E-state index in [9.17, 15) is 4.79 Å². The van der Waals surface area contributed by atoms with E-state index >= 15 is 4.39 Å². The Hall–Kier alpha value is -3.66. The molecule has 9 nitrogen and oxygen atoms in total. The van der Waals surface area contributed by atoms with Gasteiger partial charge in [-0.3, -0.25) is 4.79 Å². The molecule has 2 aliphatic rings. The largest absolute Gasteiger partial charge is 0.493 e. The van der Waals surface area contributed by atoms with Gasteiger partial charge in [0, 0.05) is 31.4 Å². The minimum absolute atomic E-state index is 0.0359. The van der Waals surface area contributed by atoms with Crippen molar-refractivity contribution in [3.63, 3.8) is 0 Å². The molecule has 2 fully saturated rings. The summed E-state index contributed by atoms with van der Waals surface area (Å²) in [5.41, 5.74) is 7.39. The molecule has 5 rings (SSSR count). The molecule has 10 heteroatoms. The molecule has 37 heavy (non-hydrogen) atoms. The lowest BCUT2D eigenvalue weighted by molar-refractivity contribution is -0.133. The molecule has 3 aromatic rings. The van der Waals surface area contributed by atoms with Crippen molar-refractivity contribution in [1.29, 1.82) is 0 Å². The Balaban J connectivity index is 1.48. The number of nitrogens with one attached hydrogen (secondary N) is 1. The Morgan fingerprint density at radius 1 is 1.19 bits per heavy atom. The molecule has 1 aromatic heterocycles. The third kappa shape index (κ3) is 4.98. The number of carbonyl (C=O) groups excluding carboxylic acids is 1. The first-order chi connectivity index (χ1) is 18.0. The lowest BCUT2D eigenvalue weighted by Crippen LogP contribution is -2.51. The van der Waals surface area contributed by atoms with Crippen molar-refractivity contribution < 1.29 is 18.7 Å². The third-order valence-corrected chi connectivity index (χ3v) is 7.33. The van der Waals surface area contributed by atoms with Crippen LogP contribution in [0.25, 0.3) is 10.9 Å². The number of nitrogen functional groups attached to an aromatic ring is 1. The zero-order valence-electron chi connectivity index (χ0n) is 21.2. The standard InChI is InChI=1S/C27H33FN6O3/c1-36-21-14-19-24(23(28)25(21)37-2)31-27(32-26(19)29)34-12-11-33(16-20(34)18-8-4-3-5-9-18)22(35)13-17-7-6-10-30-15-17/h3-5,8-9,14,17,20,30H,6-7,10-13,15-16H2,1-2H3,(H2,29,31,32)/t17?,20-/m1/s1. The summed E-state index contributed by atoms with van der Waals surface area (Å²) < 4.78 is 25.9. The number of piperazine rings is 1. The van der Waals surface area contributed by atoms with Gasteiger partial charge in [-0.05, 0) is 43.5 Å². The van der Waals surface area contributed by atoms with E-state index in [1.165, 1.54) is 14.2 Å². The number of methoxy groups -OCH3 is 2. The predicted octanol–water partition coefficient (Wildman–Crippen LogP) is 3.15. The van der Waals surface area contributed by atoms with E-state index in [2.05, 4.69) is 15.3 Å². The van der Waals surface area contributed by atoms with Crippen LogP contribution in [0.15, 0.2) is 36.4 Å². The zero-order valence-corrected chi connectivity index (χ0v) is 21.2. The van der Waals surface area contributed by atoms with Crippen LogP contribution in [0.2, 0.25) is 0 Å². The minimum atomic E-state index is -0.654. The summed E-state index contributed by atoms with van der Waals surface area (Å²) in [5, 5.41) is 3.74. The van der Waals surface area contributed by atoms with Crippen molar-refractivity contribution in [3.8, 4) is 11.5 Å². The van der Waals surface area contributed by atoms with Gasteiger partial charge in [-0.25, -0.2) is 9.37 Å². The van der Waals surface area contributed by atoms with Crippen molar-refractivity contribution in [3.05, 3.63) is 47.8 Å². The van der Waals surface area contributed by atoms with E-state index in [0.717, 1.165) is 31.5 Å². The smallest absolute Gasteiger partial charge is 0.228 e. The summed E-state index contributed by atoms with van der Waals surface area (Å²) in [6, 6.07) is 11.3. The molecule has 0 bridgehead atoms. The number of benzene rings is 2. The molecule has 2 aromatic carbocycles. The monoisotopic (exact) mass is 508 g/mol. The molecule has 0 spiro atoms. The Labute approximate surface area is 215 Å². The molecule has 3 N–H and O–H groups in total. The van der Waals surface area contributed by atoms with Crippen LogP contribution in [0.4, 0.5) is 16.2 Å². The van der Waals surface area contributed by atoms with E-state index < -0.39 is 5.82 Å². The van der Waals surface area contributed by atoms with Crippen molar-refractivity contribution in [2.45, 2.75) is 25.3 Å². The van der Waals surface area contributed by atoms with Crippen LogP contribution in [0, 0.1) is 11.7 Å². The van der Waals surface area contributed by atoms with Gasteiger partial charge in [-0.1, -0.05) is 30.3 Å². The second kappa shape index (κ2) is 10.8. The number of fused-ring (bicyclic) bond motifs is 1. The average Bonchev–Trinajstić information content (AvgIpc) is 2.94. The summed E-state index contributed by atoms with van der Waals surface area (Å²) in [7, 11) is 2.81. The van der Waals surface area contributed by atoms with Gasteiger partial charge < -0.3 is 30.3 Å². The van der Waals surface area contributed by atoms with E-state index in [1.807, 2.05) is 40.1 Å². The lowest BCUT2D eigenvalue weighted by Gasteiger charge is -2.42. The topological polar surface area (TPSA) is 106 Å². The van der Waals surface area contributed by atoms with E-state index in [0.29, 0.717) is 43.3 Å². The maximum Gasteiger partial charge on any atom is 0.228 e. The van der Waals surface area contributed by atoms with Gasteiger partial charge in [0.05, 0.1) is 20.3 Å². The highest BCUT2D eigenvalue weighted by atomic mass is 19.1. The number of hydrogen-bond acceptors (Lipinski definition) is 8. The quantitative estimate of drug-likeness (QED) is 0.523. The summed E-state index contributed by atoms with van der Waals surface area (Å²) in [5.74, 6) is 0.523. The first kappa shape index (κ1) is 25.0. The zero-order chi connectivity index (χ0) is 25.9. The van der Waals surface area contributed by atoms with E-state index in [1.54, 1.807) is 6.07 Å². The fourth-order valence-corrected chi connectivity index (χ4v) is 5.35. The Kier molecular flexibility index (Phi) is 7.27. The first-order valence-corrected chi connectivity index (χ1v) is 12.7. The molecule has 1 unspecified atom stereocenters. The van der Waals surface area contributed by atoms with Gasteiger partial charge >= 0.3 is 0 Å². The van der Waals surface area contributed by atoms with Crippen LogP contribution in [-0.4, -0.2) is 67.7 Å². The molecule has 0 radical (unpaired) electrons. The molecule has 0 aliphatic carbocycles. The summed E-state index contributed by atoms with van der Waals surface area (Å²) in [6.07, 6.45) is 2.72. The van der Waals surface area contributed by atoms with Crippen molar-refractivity contribution in [2.75, 3.05) is 57.6 Å². The molecule has 2 saturated heterocycles. The van der Waals surface area contributed by atoms with Crippen LogP contribution in [0.5, 0.6) is 11.5 Å². The normalized spacial score (nSPS) is 20.2. The van der Waals surface area contributed by atoms with Crippen molar-refractivity contribution in [2.24, 2.45) is 5.92 Å². The molecule has 0 saturated carbocycles. The highest BCUT2D eigenvalue weighted by Crippen LogP contribution is 2.39. The average molecular weight is 509 g/mol. The fourth-order valence-electron chi connectivity index (χ4n) is 5.35. The van der Waals surface area contributed by atoms with Crippen LogP contribution in [0.3, 0.4) is 0 Å². The number of carbonyl (C=O) groups is 1. The van der Waals surface area contributed by atoms with Gasteiger partial charge in [-0.15, -0.1) is 0 Å². The van der Waals surface area contributed by atoms with Crippen LogP contribution in [0.1, 0.15) is 30.9 Å². The van der Waals surface area contributed by atoms with Crippen LogP contribution in [-0.2, 0) is 4.79 Å². The fraction of sp³-hybridized carbons (Fsp3) is 0.444. The Morgan fingerprint density at radius 3 is 2.70 bits per heavy atom. The maximum absolute atomic E-state index is 15.4. The molecule has 1 amide bonds. The number of halogens is 1. The number of rotatable bonds is 6. The summed E-state index contributed by atoms with van der Waals surface area (Å²) >= 11 is 0. The third-order valence-electron chi connectivity index (χ3n) is 7.33. The molecular formula is C27H33FN6O3. The molecule has 3 heterocycles. The minimum Gasteiger partial charge on any atom is -0.493 e. The summed E-state index contributed by atoms with van der Waals surface area (Å²) in [4.78, 5) is 26.3. The van der Waals surface area contributed by atoms with Crippen molar-refractivity contribution >= 4 is 28.6 Å². The number of nitrogens with zero attached hydrogens (tertiary/aromatic N) is 4. The number of aromatic nitrogens is 2. The number of nitrogens with two attached hydrogens (primary N) is 1.